The molecule has 1 saturated heterocycles. The zero-order chi connectivity index (χ0) is 22.2. The first kappa shape index (κ1) is 22.8. The van der Waals surface area contributed by atoms with E-state index >= 15 is 0 Å². The summed E-state index contributed by atoms with van der Waals surface area (Å²) in [5.41, 5.74) is 1.51. The first-order valence-corrected chi connectivity index (χ1v) is 10.8. The molecule has 8 heteroatoms. The van der Waals surface area contributed by atoms with E-state index in [1.807, 2.05) is 13.8 Å². The molecule has 31 heavy (non-hydrogen) atoms. The molecular formula is C23H31FN4O3. The SMILES string of the molecule is CCOc1cc(CN2CCC(NC(=O)c3ccc(NC)nc3)CC2)cc(OCC)c1F. The third kappa shape index (κ3) is 6.07. The van der Waals surface area contributed by atoms with Crippen molar-refractivity contribution in [2.24, 2.45) is 0 Å². The van der Waals surface area contributed by atoms with Crippen LogP contribution in [-0.4, -0.2) is 55.2 Å². The summed E-state index contributed by atoms with van der Waals surface area (Å²) in [6.07, 6.45) is 3.29. The van der Waals surface area contributed by atoms with E-state index in [0.717, 1.165) is 37.3 Å². The minimum Gasteiger partial charge on any atom is -0.491 e. The van der Waals surface area contributed by atoms with E-state index in [0.29, 0.717) is 25.3 Å². The fraction of sp³-hybridized carbons (Fsp3) is 0.478. The number of benzene rings is 1. The van der Waals surface area contributed by atoms with Gasteiger partial charge in [-0.15, -0.1) is 0 Å². The molecule has 1 aliphatic rings. The molecule has 1 amide bonds. The number of hydrogen-bond acceptors (Lipinski definition) is 6. The normalized spacial score (nSPS) is 14.8. The highest BCUT2D eigenvalue weighted by molar-refractivity contribution is 5.94. The molecule has 0 bridgehead atoms. The van der Waals surface area contributed by atoms with Gasteiger partial charge in [-0.2, -0.15) is 4.39 Å². The van der Waals surface area contributed by atoms with Crippen molar-refractivity contribution >= 4 is 11.7 Å². The summed E-state index contributed by atoms with van der Waals surface area (Å²) in [5.74, 6) is 0.624. The third-order valence-electron chi connectivity index (χ3n) is 5.28. The molecule has 1 fully saturated rings. The number of halogens is 1. The van der Waals surface area contributed by atoms with Gasteiger partial charge in [0.1, 0.15) is 5.82 Å². The molecule has 1 aromatic heterocycles. The Morgan fingerprint density at radius 1 is 1.16 bits per heavy atom. The highest BCUT2D eigenvalue weighted by Crippen LogP contribution is 2.30. The number of carbonyl (C=O) groups excluding carboxylic acids is 1. The molecule has 1 aliphatic heterocycles. The van der Waals surface area contributed by atoms with Crippen molar-refractivity contribution in [2.75, 3.05) is 38.7 Å². The van der Waals surface area contributed by atoms with Crippen molar-refractivity contribution in [2.45, 2.75) is 39.3 Å². The van der Waals surface area contributed by atoms with Crippen LogP contribution in [0.4, 0.5) is 10.2 Å². The molecule has 7 nitrogen and oxygen atoms in total. The van der Waals surface area contributed by atoms with Gasteiger partial charge in [0, 0.05) is 38.9 Å². The summed E-state index contributed by atoms with van der Waals surface area (Å²) in [7, 11) is 1.79. The van der Waals surface area contributed by atoms with E-state index in [1.165, 1.54) is 0 Å². The van der Waals surface area contributed by atoms with Crippen molar-refractivity contribution < 1.29 is 18.7 Å². The number of likely N-dealkylation sites (tertiary alicyclic amines) is 1. The molecule has 0 unspecified atom stereocenters. The van der Waals surface area contributed by atoms with Crippen molar-refractivity contribution in [1.82, 2.24) is 15.2 Å². The Kier molecular flexibility index (Phi) is 8.06. The first-order valence-electron chi connectivity index (χ1n) is 10.8. The van der Waals surface area contributed by atoms with Gasteiger partial charge in [-0.3, -0.25) is 9.69 Å². The Hall–Kier alpha value is -2.87. The van der Waals surface area contributed by atoms with Gasteiger partial charge in [0.05, 0.1) is 18.8 Å². The number of piperidine rings is 1. The number of nitrogens with zero attached hydrogens (tertiary/aromatic N) is 2. The van der Waals surface area contributed by atoms with E-state index in [2.05, 4.69) is 20.5 Å². The minimum absolute atomic E-state index is 0.102. The van der Waals surface area contributed by atoms with Crippen molar-refractivity contribution in [3.8, 4) is 11.5 Å². The Balaban J connectivity index is 1.55. The van der Waals surface area contributed by atoms with Crippen LogP contribution in [0.2, 0.25) is 0 Å². The number of carbonyl (C=O) groups is 1. The molecule has 0 saturated carbocycles. The van der Waals surface area contributed by atoms with Gasteiger partial charge in [0.25, 0.3) is 5.91 Å². The molecule has 0 aliphatic carbocycles. The molecule has 2 aromatic rings. The van der Waals surface area contributed by atoms with Crippen LogP contribution in [0.1, 0.15) is 42.6 Å². The predicted octanol–water partition coefficient (Wildman–Crippen LogP) is 3.45. The summed E-state index contributed by atoms with van der Waals surface area (Å²) in [5, 5.41) is 6.04. The lowest BCUT2D eigenvalue weighted by atomic mass is 10.0. The lowest BCUT2D eigenvalue weighted by Crippen LogP contribution is -2.44. The number of rotatable bonds is 9. The van der Waals surface area contributed by atoms with E-state index in [4.69, 9.17) is 9.47 Å². The summed E-state index contributed by atoms with van der Waals surface area (Å²) in [6, 6.07) is 7.17. The number of pyridine rings is 1. The second kappa shape index (κ2) is 10.9. The number of anilines is 1. The van der Waals surface area contributed by atoms with Crippen LogP contribution in [0.5, 0.6) is 11.5 Å². The second-order valence-corrected chi connectivity index (χ2v) is 7.48. The van der Waals surface area contributed by atoms with E-state index in [-0.39, 0.29) is 23.4 Å². The Morgan fingerprint density at radius 2 is 1.81 bits per heavy atom. The van der Waals surface area contributed by atoms with Crippen molar-refractivity contribution in [1.29, 1.82) is 0 Å². The third-order valence-corrected chi connectivity index (χ3v) is 5.28. The van der Waals surface area contributed by atoms with Gasteiger partial charge in [0.2, 0.25) is 5.82 Å². The van der Waals surface area contributed by atoms with E-state index in [1.54, 1.807) is 37.5 Å². The summed E-state index contributed by atoms with van der Waals surface area (Å²) >= 11 is 0. The molecule has 2 N–H and O–H groups in total. The highest BCUT2D eigenvalue weighted by atomic mass is 19.1. The molecule has 168 valence electrons. The Morgan fingerprint density at radius 3 is 2.32 bits per heavy atom. The number of ether oxygens (including phenoxy) is 2. The first-order chi connectivity index (χ1) is 15.0. The van der Waals surface area contributed by atoms with Crippen LogP contribution in [0.25, 0.3) is 0 Å². The maximum atomic E-state index is 14.4. The number of hydrogen-bond donors (Lipinski definition) is 2. The van der Waals surface area contributed by atoms with Crippen LogP contribution in [-0.2, 0) is 6.54 Å². The predicted molar refractivity (Wildman–Crippen MR) is 118 cm³/mol. The van der Waals surface area contributed by atoms with Crippen molar-refractivity contribution in [3.05, 3.63) is 47.4 Å². The van der Waals surface area contributed by atoms with E-state index < -0.39 is 5.82 Å². The van der Waals surface area contributed by atoms with Crippen LogP contribution in [0.3, 0.4) is 0 Å². The van der Waals surface area contributed by atoms with Gasteiger partial charge in [0.15, 0.2) is 11.5 Å². The molecule has 0 spiro atoms. The molecule has 3 rings (SSSR count). The standard InChI is InChI=1S/C23H31FN4O3/c1-4-30-19-12-16(13-20(22(19)24)31-5-2)15-28-10-8-18(9-11-28)27-23(29)17-6-7-21(25-3)26-14-17/h6-7,12-14,18H,4-5,8-11,15H2,1-3H3,(H,25,26)(H,27,29). The Bertz CT molecular complexity index is 841. The maximum Gasteiger partial charge on any atom is 0.253 e. The molecule has 0 radical (unpaired) electrons. The van der Waals surface area contributed by atoms with Gasteiger partial charge >= 0.3 is 0 Å². The highest BCUT2D eigenvalue weighted by Gasteiger charge is 2.22. The molecular weight excluding hydrogens is 399 g/mol. The molecule has 0 atom stereocenters. The zero-order valence-electron chi connectivity index (χ0n) is 18.4. The van der Waals surface area contributed by atoms with E-state index in [9.17, 15) is 9.18 Å². The van der Waals surface area contributed by atoms with Gasteiger partial charge in [-0.05, 0) is 56.5 Å². The minimum atomic E-state index is -0.453. The van der Waals surface area contributed by atoms with Crippen molar-refractivity contribution in [3.63, 3.8) is 0 Å². The average Bonchev–Trinajstić information content (AvgIpc) is 2.78. The summed E-state index contributed by atoms with van der Waals surface area (Å²) in [6.45, 7) is 6.80. The fourth-order valence-corrected chi connectivity index (χ4v) is 3.68. The van der Waals surface area contributed by atoms with Gasteiger partial charge < -0.3 is 20.1 Å². The van der Waals surface area contributed by atoms with Crippen LogP contribution in [0.15, 0.2) is 30.5 Å². The lowest BCUT2D eigenvalue weighted by Gasteiger charge is -2.32. The smallest absolute Gasteiger partial charge is 0.253 e. The summed E-state index contributed by atoms with van der Waals surface area (Å²) < 4.78 is 25.3. The quantitative estimate of drug-likeness (QED) is 0.635. The molecule has 1 aromatic carbocycles. The van der Waals surface area contributed by atoms with Crippen LogP contribution >= 0.6 is 0 Å². The number of amides is 1. The topological polar surface area (TPSA) is 75.7 Å². The summed E-state index contributed by atoms with van der Waals surface area (Å²) in [4.78, 5) is 19.0. The molecule has 2 heterocycles. The number of aromatic nitrogens is 1. The number of nitrogens with one attached hydrogen (secondary N) is 2. The van der Waals surface area contributed by atoms with Gasteiger partial charge in [-0.1, -0.05) is 0 Å². The fourth-order valence-electron chi connectivity index (χ4n) is 3.68. The zero-order valence-corrected chi connectivity index (χ0v) is 18.4. The second-order valence-electron chi connectivity index (χ2n) is 7.48. The van der Waals surface area contributed by atoms with Crippen LogP contribution in [0, 0.1) is 5.82 Å². The Labute approximate surface area is 182 Å². The maximum absolute atomic E-state index is 14.4. The lowest BCUT2D eigenvalue weighted by molar-refractivity contribution is 0.0908. The van der Waals surface area contributed by atoms with Crippen LogP contribution < -0.4 is 20.1 Å². The monoisotopic (exact) mass is 430 g/mol. The average molecular weight is 431 g/mol. The largest absolute Gasteiger partial charge is 0.491 e. The van der Waals surface area contributed by atoms with Gasteiger partial charge in [-0.25, -0.2) is 4.98 Å².